The monoisotopic (exact) mass is 474 g/mol. The number of benzene rings is 3. The van der Waals surface area contributed by atoms with Gasteiger partial charge in [0.1, 0.15) is 17.2 Å². The second kappa shape index (κ2) is 10.5. The van der Waals surface area contributed by atoms with Crippen molar-refractivity contribution in [2.24, 2.45) is 0 Å². The Hall–Kier alpha value is -3.07. The number of amides is 1. The van der Waals surface area contributed by atoms with Gasteiger partial charge in [-0.2, -0.15) is 4.72 Å². The Morgan fingerprint density at radius 2 is 1.66 bits per heavy atom. The van der Waals surface area contributed by atoms with E-state index in [1.807, 2.05) is 30.3 Å². The SMILES string of the molecule is CCOc1ccc(S(=O)(=O)N[C@H](C)C(=O)Nc2ccc(Oc3ccccc3)cc2)cc1Cl. The first-order chi connectivity index (χ1) is 15.3. The summed E-state index contributed by atoms with van der Waals surface area (Å²) >= 11 is 6.08. The molecule has 0 unspecified atom stereocenters. The van der Waals surface area contributed by atoms with Gasteiger partial charge in [-0.05, 0) is 68.4 Å². The molecular weight excluding hydrogens is 452 g/mol. The maximum absolute atomic E-state index is 12.6. The average molecular weight is 475 g/mol. The molecule has 1 atom stereocenters. The molecule has 0 saturated heterocycles. The highest BCUT2D eigenvalue weighted by Crippen LogP contribution is 2.27. The Morgan fingerprint density at radius 1 is 1.00 bits per heavy atom. The zero-order chi connectivity index (χ0) is 23.1. The van der Waals surface area contributed by atoms with Gasteiger partial charge in [0.15, 0.2) is 0 Å². The quantitative estimate of drug-likeness (QED) is 0.463. The van der Waals surface area contributed by atoms with Gasteiger partial charge in [0.05, 0.1) is 22.6 Å². The van der Waals surface area contributed by atoms with E-state index in [0.29, 0.717) is 29.5 Å². The standard InChI is InChI=1S/C23H23ClN2O5S/c1-3-30-22-14-13-20(15-21(22)24)32(28,29)26-16(2)23(27)25-17-9-11-19(12-10-17)31-18-7-5-4-6-8-18/h4-16,26H,3H2,1-2H3,(H,25,27)/t16-/m1/s1. The molecule has 0 aromatic heterocycles. The molecule has 168 valence electrons. The summed E-state index contributed by atoms with van der Waals surface area (Å²) in [4.78, 5) is 12.4. The zero-order valence-corrected chi connectivity index (χ0v) is 19.1. The summed E-state index contributed by atoms with van der Waals surface area (Å²) in [5.41, 5.74) is 0.505. The molecule has 0 saturated carbocycles. The van der Waals surface area contributed by atoms with E-state index >= 15 is 0 Å². The van der Waals surface area contributed by atoms with Gasteiger partial charge in [-0.1, -0.05) is 29.8 Å². The summed E-state index contributed by atoms with van der Waals surface area (Å²) in [6, 6.07) is 19.2. The second-order valence-electron chi connectivity index (χ2n) is 6.80. The van der Waals surface area contributed by atoms with Crippen LogP contribution < -0.4 is 19.5 Å². The fraction of sp³-hybridized carbons (Fsp3) is 0.174. The van der Waals surface area contributed by atoms with Crippen LogP contribution in [0.2, 0.25) is 5.02 Å². The van der Waals surface area contributed by atoms with E-state index in [4.69, 9.17) is 21.1 Å². The lowest BCUT2D eigenvalue weighted by Gasteiger charge is -2.15. The molecule has 0 aliphatic heterocycles. The fourth-order valence-electron chi connectivity index (χ4n) is 2.76. The molecule has 2 N–H and O–H groups in total. The van der Waals surface area contributed by atoms with Crippen molar-refractivity contribution in [3.63, 3.8) is 0 Å². The number of halogens is 1. The molecule has 0 radical (unpaired) electrons. The molecule has 7 nitrogen and oxygen atoms in total. The molecule has 0 fully saturated rings. The minimum atomic E-state index is -3.96. The first-order valence-corrected chi connectivity index (χ1v) is 11.7. The highest BCUT2D eigenvalue weighted by atomic mass is 35.5. The Morgan fingerprint density at radius 3 is 2.28 bits per heavy atom. The van der Waals surface area contributed by atoms with Crippen molar-refractivity contribution in [1.82, 2.24) is 4.72 Å². The normalized spacial score (nSPS) is 12.1. The Balaban J connectivity index is 1.61. The number of nitrogens with one attached hydrogen (secondary N) is 2. The summed E-state index contributed by atoms with van der Waals surface area (Å²) in [6.07, 6.45) is 0. The average Bonchev–Trinajstić information content (AvgIpc) is 2.77. The smallest absolute Gasteiger partial charge is 0.242 e. The van der Waals surface area contributed by atoms with Crippen molar-refractivity contribution in [3.05, 3.63) is 77.8 Å². The Kier molecular flexibility index (Phi) is 7.74. The lowest BCUT2D eigenvalue weighted by Crippen LogP contribution is -2.41. The number of sulfonamides is 1. The van der Waals surface area contributed by atoms with Gasteiger partial charge in [0.25, 0.3) is 0 Å². The van der Waals surface area contributed by atoms with Gasteiger partial charge in [-0.25, -0.2) is 8.42 Å². The molecule has 3 aromatic rings. The van der Waals surface area contributed by atoms with Gasteiger partial charge in [-0.3, -0.25) is 4.79 Å². The van der Waals surface area contributed by atoms with Crippen molar-refractivity contribution in [1.29, 1.82) is 0 Å². The van der Waals surface area contributed by atoms with Gasteiger partial charge in [0, 0.05) is 5.69 Å². The van der Waals surface area contributed by atoms with Crippen LogP contribution in [-0.2, 0) is 14.8 Å². The summed E-state index contributed by atoms with van der Waals surface area (Å²) in [5, 5.41) is 2.85. The van der Waals surface area contributed by atoms with Crippen molar-refractivity contribution >= 4 is 33.2 Å². The summed E-state index contributed by atoms with van der Waals surface area (Å²) < 4.78 is 38.6. The van der Waals surface area contributed by atoms with Gasteiger partial charge in [0.2, 0.25) is 15.9 Å². The molecule has 3 rings (SSSR count). The predicted molar refractivity (Wildman–Crippen MR) is 124 cm³/mol. The van der Waals surface area contributed by atoms with Crippen LogP contribution in [0.15, 0.2) is 77.7 Å². The van der Waals surface area contributed by atoms with E-state index in [2.05, 4.69) is 10.0 Å². The maximum Gasteiger partial charge on any atom is 0.242 e. The topological polar surface area (TPSA) is 93.7 Å². The van der Waals surface area contributed by atoms with E-state index in [1.54, 1.807) is 31.2 Å². The molecule has 0 heterocycles. The van der Waals surface area contributed by atoms with Crippen molar-refractivity contribution in [3.8, 4) is 17.2 Å². The lowest BCUT2D eigenvalue weighted by molar-refractivity contribution is -0.117. The molecule has 0 aliphatic rings. The molecule has 32 heavy (non-hydrogen) atoms. The first-order valence-electron chi connectivity index (χ1n) is 9.87. The minimum absolute atomic E-state index is 0.0620. The summed E-state index contributed by atoms with van der Waals surface area (Å²) in [6.45, 7) is 3.66. The first kappa shape index (κ1) is 23.6. The van der Waals surface area contributed by atoms with Crippen molar-refractivity contribution < 1.29 is 22.7 Å². The Bertz CT molecular complexity index is 1170. The van der Waals surface area contributed by atoms with Crippen LogP contribution in [0.3, 0.4) is 0 Å². The third kappa shape index (κ3) is 6.23. The van der Waals surface area contributed by atoms with E-state index < -0.39 is 22.0 Å². The number of anilines is 1. The number of hydrogen-bond donors (Lipinski definition) is 2. The van der Waals surface area contributed by atoms with Gasteiger partial charge >= 0.3 is 0 Å². The van der Waals surface area contributed by atoms with Crippen LogP contribution in [0.1, 0.15) is 13.8 Å². The number of para-hydroxylation sites is 1. The van der Waals surface area contributed by atoms with Crippen LogP contribution in [-0.4, -0.2) is 27.0 Å². The molecular formula is C23H23ClN2O5S. The fourth-order valence-corrected chi connectivity index (χ4v) is 4.29. The summed E-state index contributed by atoms with van der Waals surface area (Å²) in [5.74, 6) is 1.18. The van der Waals surface area contributed by atoms with E-state index in [-0.39, 0.29) is 9.92 Å². The van der Waals surface area contributed by atoms with E-state index in [9.17, 15) is 13.2 Å². The highest BCUT2D eigenvalue weighted by Gasteiger charge is 2.23. The second-order valence-corrected chi connectivity index (χ2v) is 8.92. The van der Waals surface area contributed by atoms with Crippen LogP contribution >= 0.6 is 11.6 Å². The number of carbonyl (C=O) groups is 1. The number of ether oxygens (including phenoxy) is 2. The number of carbonyl (C=O) groups excluding carboxylic acids is 1. The Labute approximate surface area is 192 Å². The third-order valence-electron chi connectivity index (χ3n) is 4.34. The molecule has 0 bridgehead atoms. The van der Waals surface area contributed by atoms with Crippen molar-refractivity contribution in [2.75, 3.05) is 11.9 Å². The van der Waals surface area contributed by atoms with Crippen molar-refractivity contribution in [2.45, 2.75) is 24.8 Å². The molecule has 3 aromatic carbocycles. The number of rotatable bonds is 9. The predicted octanol–water partition coefficient (Wildman–Crippen LogP) is 4.84. The molecule has 9 heteroatoms. The zero-order valence-electron chi connectivity index (χ0n) is 17.5. The largest absolute Gasteiger partial charge is 0.492 e. The van der Waals surface area contributed by atoms with Crippen LogP contribution in [0.5, 0.6) is 17.2 Å². The molecule has 0 spiro atoms. The highest BCUT2D eigenvalue weighted by molar-refractivity contribution is 7.89. The maximum atomic E-state index is 12.6. The van der Waals surface area contributed by atoms with Crippen LogP contribution in [0.25, 0.3) is 0 Å². The van der Waals surface area contributed by atoms with Crippen LogP contribution in [0.4, 0.5) is 5.69 Å². The summed E-state index contributed by atoms with van der Waals surface area (Å²) in [7, 11) is -3.96. The molecule has 1 amide bonds. The van der Waals surface area contributed by atoms with Gasteiger partial charge in [-0.15, -0.1) is 0 Å². The third-order valence-corrected chi connectivity index (χ3v) is 6.17. The lowest BCUT2D eigenvalue weighted by atomic mass is 10.2. The minimum Gasteiger partial charge on any atom is -0.492 e. The van der Waals surface area contributed by atoms with E-state index in [1.165, 1.54) is 25.1 Å². The van der Waals surface area contributed by atoms with E-state index in [0.717, 1.165) is 0 Å². The number of hydrogen-bond acceptors (Lipinski definition) is 5. The van der Waals surface area contributed by atoms with Crippen LogP contribution in [0, 0.1) is 0 Å². The van der Waals surface area contributed by atoms with Gasteiger partial charge < -0.3 is 14.8 Å². The molecule has 0 aliphatic carbocycles.